The van der Waals surface area contributed by atoms with Gasteiger partial charge in [-0.25, -0.2) is 9.50 Å². The molecule has 1 fully saturated rings. The minimum atomic E-state index is 0.686. The quantitative estimate of drug-likeness (QED) is 0.681. The first-order valence-electron chi connectivity index (χ1n) is 8.25. The molecule has 0 N–H and O–H groups in total. The van der Waals surface area contributed by atoms with Crippen LogP contribution < -0.4 is 0 Å². The molecule has 0 amide bonds. The highest BCUT2D eigenvalue weighted by Crippen LogP contribution is 2.56. The van der Waals surface area contributed by atoms with Gasteiger partial charge in [-0.15, -0.1) is 5.10 Å². The molecule has 5 rings (SSSR count). The molecule has 3 aromatic rings. The molecule has 5 heteroatoms. The SMILES string of the molecule is Cc1c2c(nc3nc(SCc4ccccc4)nn13)C1CCCC21. The molecule has 4 nitrogen and oxygen atoms in total. The van der Waals surface area contributed by atoms with Crippen LogP contribution in [0.25, 0.3) is 5.78 Å². The maximum Gasteiger partial charge on any atom is 0.253 e. The summed E-state index contributed by atoms with van der Waals surface area (Å²) in [5, 5.41) is 5.50. The van der Waals surface area contributed by atoms with Crippen molar-refractivity contribution >= 4 is 17.5 Å². The average Bonchev–Trinajstić information content (AvgIpc) is 3.16. The van der Waals surface area contributed by atoms with E-state index in [1.165, 1.54) is 41.8 Å². The normalized spacial score (nSPS) is 22.0. The van der Waals surface area contributed by atoms with Gasteiger partial charge in [-0.3, -0.25) is 0 Å². The van der Waals surface area contributed by atoms with E-state index in [-0.39, 0.29) is 0 Å². The van der Waals surface area contributed by atoms with Crippen molar-refractivity contribution < 1.29 is 0 Å². The summed E-state index contributed by atoms with van der Waals surface area (Å²) in [6, 6.07) is 10.5. The summed E-state index contributed by atoms with van der Waals surface area (Å²) in [7, 11) is 0. The standard InChI is InChI=1S/C18H18N4S/c1-11-15-13-8-5-9-14(13)16(15)19-17-20-18(21-22(11)17)23-10-12-6-3-2-4-7-12/h2-4,6-7,13-14H,5,8-10H2,1H3. The molecule has 0 saturated heterocycles. The second kappa shape index (κ2) is 5.06. The van der Waals surface area contributed by atoms with Crippen molar-refractivity contribution in [1.82, 2.24) is 19.6 Å². The highest BCUT2D eigenvalue weighted by molar-refractivity contribution is 7.98. The van der Waals surface area contributed by atoms with Crippen LogP contribution in [0.3, 0.4) is 0 Å². The fraction of sp³-hybridized carbons (Fsp3) is 0.389. The highest BCUT2D eigenvalue weighted by Gasteiger charge is 2.44. The lowest BCUT2D eigenvalue weighted by atomic mass is 9.72. The molecule has 1 aromatic carbocycles. The molecule has 0 aliphatic heterocycles. The number of aromatic nitrogens is 4. The molecule has 23 heavy (non-hydrogen) atoms. The monoisotopic (exact) mass is 322 g/mol. The van der Waals surface area contributed by atoms with Gasteiger partial charge in [0.15, 0.2) is 0 Å². The Morgan fingerprint density at radius 2 is 1.96 bits per heavy atom. The fourth-order valence-electron chi connectivity index (χ4n) is 4.11. The molecule has 2 aliphatic rings. The Bertz CT molecular complexity index is 887. The van der Waals surface area contributed by atoms with E-state index in [1.54, 1.807) is 11.8 Å². The zero-order valence-electron chi connectivity index (χ0n) is 13.1. The zero-order chi connectivity index (χ0) is 15.4. The van der Waals surface area contributed by atoms with Gasteiger partial charge in [-0.1, -0.05) is 48.5 Å². The Balaban J connectivity index is 1.47. The van der Waals surface area contributed by atoms with Gasteiger partial charge in [0.1, 0.15) is 0 Å². The van der Waals surface area contributed by atoms with Gasteiger partial charge in [0, 0.05) is 17.4 Å². The molecule has 2 aliphatic carbocycles. The third kappa shape index (κ3) is 2.02. The molecule has 2 aromatic heterocycles. The van der Waals surface area contributed by atoms with Crippen LogP contribution in [-0.2, 0) is 5.75 Å². The molecule has 2 unspecified atom stereocenters. The van der Waals surface area contributed by atoms with Crippen LogP contribution in [0, 0.1) is 6.92 Å². The highest BCUT2D eigenvalue weighted by atomic mass is 32.2. The van der Waals surface area contributed by atoms with Crippen molar-refractivity contribution in [3.63, 3.8) is 0 Å². The van der Waals surface area contributed by atoms with E-state index in [1.807, 2.05) is 10.6 Å². The summed E-state index contributed by atoms with van der Waals surface area (Å²) < 4.78 is 1.95. The van der Waals surface area contributed by atoms with Gasteiger partial charge < -0.3 is 0 Å². The summed E-state index contributed by atoms with van der Waals surface area (Å²) in [5.74, 6) is 3.07. The number of hydrogen-bond donors (Lipinski definition) is 0. The maximum absolute atomic E-state index is 4.82. The summed E-state index contributed by atoms with van der Waals surface area (Å²) in [5.41, 5.74) is 5.28. The number of fused-ring (bicyclic) bond motifs is 5. The average molecular weight is 322 g/mol. The summed E-state index contributed by atoms with van der Waals surface area (Å²) in [6.45, 7) is 2.17. The smallest absolute Gasteiger partial charge is 0.215 e. The number of benzene rings is 1. The first-order valence-corrected chi connectivity index (χ1v) is 9.24. The second-order valence-electron chi connectivity index (χ2n) is 6.52. The van der Waals surface area contributed by atoms with Crippen molar-refractivity contribution in [2.24, 2.45) is 0 Å². The van der Waals surface area contributed by atoms with E-state index in [2.05, 4.69) is 41.3 Å². The lowest BCUT2D eigenvalue weighted by molar-refractivity contribution is 0.508. The Morgan fingerprint density at radius 3 is 2.83 bits per heavy atom. The van der Waals surface area contributed by atoms with Crippen molar-refractivity contribution in [2.75, 3.05) is 0 Å². The van der Waals surface area contributed by atoms with Crippen molar-refractivity contribution in [2.45, 2.75) is 48.9 Å². The summed E-state index contributed by atoms with van der Waals surface area (Å²) >= 11 is 1.68. The van der Waals surface area contributed by atoms with Gasteiger partial charge in [-0.05, 0) is 36.8 Å². The van der Waals surface area contributed by atoms with E-state index in [4.69, 9.17) is 4.98 Å². The Kier molecular flexibility index (Phi) is 2.98. The van der Waals surface area contributed by atoms with Gasteiger partial charge in [0.25, 0.3) is 5.78 Å². The van der Waals surface area contributed by atoms with Gasteiger partial charge in [0.05, 0.1) is 5.69 Å². The van der Waals surface area contributed by atoms with Crippen LogP contribution >= 0.6 is 11.8 Å². The Hall–Kier alpha value is -1.88. The van der Waals surface area contributed by atoms with Gasteiger partial charge in [0.2, 0.25) is 5.16 Å². The van der Waals surface area contributed by atoms with Crippen molar-refractivity contribution in [3.05, 3.63) is 52.8 Å². The number of aryl methyl sites for hydroxylation is 1. The molecule has 0 spiro atoms. The largest absolute Gasteiger partial charge is 0.253 e. The molecule has 1 saturated carbocycles. The molecular formula is C18H18N4S. The van der Waals surface area contributed by atoms with E-state index in [0.29, 0.717) is 5.92 Å². The third-order valence-corrected chi connectivity index (χ3v) is 6.13. The molecule has 0 bridgehead atoms. The number of hydrogen-bond acceptors (Lipinski definition) is 4. The first-order chi connectivity index (χ1) is 11.3. The lowest BCUT2D eigenvalue weighted by Crippen LogP contribution is -2.25. The van der Waals surface area contributed by atoms with Crippen molar-refractivity contribution in [1.29, 1.82) is 0 Å². The number of thioether (sulfide) groups is 1. The van der Waals surface area contributed by atoms with Crippen molar-refractivity contribution in [3.8, 4) is 0 Å². The summed E-state index contributed by atoms with van der Waals surface area (Å²) in [4.78, 5) is 9.46. The van der Waals surface area contributed by atoms with Crippen LogP contribution in [-0.4, -0.2) is 19.6 Å². The van der Waals surface area contributed by atoms with Crippen LogP contribution in [0.4, 0.5) is 0 Å². The van der Waals surface area contributed by atoms with Crippen LogP contribution in [0.5, 0.6) is 0 Å². The minimum Gasteiger partial charge on any atom is -0.215 e. The maximum atomic E-state index is 4.82. The van der Waals surface area contributed by atoms with E-state index in [9.17, 15) is 0 Å². The van der Waals surface area contributed by atoms with Crippen LogP contribution in [0.1, 0.15) is 53.6 Å². The third-order valence-electron chi connectivity index (χ3n) is 5.22. The topological polar surface area (TPSA) is 43.1 Å². The van der Waals surface area contributed by atoms with E-state index >= 15 is 0 Å². The molecule has 2 atom stereocenters. The van der Waals surface area contributed by atoms with E-state index < -0.39 is 0 Å². The minimum absolute atomic E-state index is 0.686. The van der Waals surface area contributed by atoms with Gasteiger partial charge >= 0.3 is 0 Å². The van der Waals surface area contributed by atoms with Gasteiger partial charge in [-0.2, -0.15) is 4.98 Å². The predicted octanol–water partition coefficient (Wildman–Crippen LogP) is 4.09. The zero-order valence-corrected chi connectivity index (χ0v) is 13.9. The summed E-state index contributed by atoms with van der Waals surface area (Å²) in [6.07, 6.45) is 3.94. The van der Waals surface area contributed by atoms with Crippen LogP contribution in [0.2, 0.25) is 0 Å². The predicted molar refractivity (Wildman–Crippen MR) is 90.9 cm³/mol. The lowest BCUT2D eigenvalue weighted by Gasteiger charge is -2.34. The molecule has 2 heterocycles. The fourth-order valence-corrected chi connectivity index (χ4v) is 4.88. The number of nitrogens with zero attached hydrogens (tertiary/aromatic N) is 4. The molecular weight excluding hydrogens is 304 g/mol. The Morgan fingerprint density at radius 1 is 1.13 bits per heavy atom. The molecule has 0 radical (unpaired) electrons. The van der Waals surface area contributed by atoms with E-state index in [0.717, 1.165) is 22.6 Å². The number of rotatable bonds is 3. The molecule has 116 valence electrons. The Labute approximate surface area is 139 Å². The first kappa shape index (κ1) is 13.5. The van der Waals surface area contributed by atoms with Crippen LogP contribution in [0.15, 0.2) is 35.5 Å². The second-order valence-corrected chi connectivity index (χ2v) is 7.46.